The highest BCUT2D eigenvalue weighted by Crippen LogP contribution is 2.24. The van der Waals surface area contributed by atoms with Crippen molar-refractivity contribution in [1.82, 2.24) is 10.2 Å². The van der Waals surface area contributed by atoms with Crippen molar-refractivity contribution in [1.29, 1.82) is 0 Å². The lowest BCUT2D eigenvalue weighted by Gasteiger charge is -2.30. The van der Waals surface area contributed by atoms with Gasteiger partial charge in [-0.1, -0.05) is 69.7 Å². The van der Waals surface area contributed by atoms with Crippen LogP contribution < -0.4 is 10.1 Å². The van der Waals surface area contributed by atoms with E-state index in [1.54, 1.807) is 4.90 Å². The van der Waals surface area contributed by atoms with Gasteiger partial charge in [0.1, 0.15) is 11.8 Å². The number of nitrogens with one attached hydrogen (secondary N) is 1. The molecule has 0 aliphatic heterocycles. The van der Waals surface area contributed by atoms with E-state index in [-0.39, 0.29) is 23.8 Å². The van der Waals surface area contributed by atoms with Gasteiger partial charge in [0.05, 0.1) is 0 Å². The number of hydrogen-bond acceptors (Lipinski definition) is 3. The second-order valence-corrected chi connectivity index (χ2v) is 8.89. The SMILES string of the molecule is CCNC(=O)C(CC)N(Cc1ccc(C)cc1)C(=O)COc1ccc(C(C)(C)C)cc1. The molecular weight excluding hydrogens is 388 g/mol. The van der Waals surface area contributed by atoms with Crippen LogP contribution >= 0.6 is 0 Å². The molecule has 5 heteroatoms. The summed E-state index contributed by atoms with van der Waals surface area (Å²) in [6.07, 6.45) is 0.531. The number of ether oxygens (including phenoxy) is 1. The number of carbonyl (C=O) groups excluding carboxylic acids is 2. The third kappa shape index (κ3) is 7.12. The van der Waals surface area contributed by atoms with E-state index in [1.807, 2.05) is 69.3 Å². The van der Waals surface area contributed by atoms with Gasteiger partial charge < -0.3 is 15.0 Å². The number of carbonyl (C=O) groups is 2. The minimum absolute atomic E-state index is 0.0557. The largest absolute Gasteiger partial charge is 0.484 e. The molecule has 0 bridgehead atoms. The maximum absolute atomic E-state index is 13.1. The molecule has 0 saturated carbocycles. The van der Waals surface area contributed by atoms with Crippen LogP contribution in [0.25, 0.3) is 0 Å². The Labute approximate surface area is 186 Å². The van der Waals surface area contributed by atoms with Crippen molar-refractivity contribution in [2.45, 2.75) is 66.0 Å². The lowest BCUT2D eigenvalue weighted by Crippen LogP contribution is -2.50. The zero-order valence-corrected chi connectivity index (χ0v) is 19.7. The highest BCUT2D eigenvalue weighted by molar-refractivity contribution is 5.88. The van der Waals surface area contributed by atoms with E-state index >= 15 is 0 Å². The Morgan fingerprint density at radius 2 is 1.61 bits per heavy atom. The van der Waals surface area contributed by atoms with Crippen molar-refractivity contribution in [3.05, 3.63) is 65.2 Å². The molecule has 0 fully saturated rings. The first-order valence-corrected chi connectivity index (χ1v) is 11.0. The first-order chi connectivity index (χ1) is 14.7. The summed E-state index contributed by atoms with van der Waals surface area (Å²) in [5.74, 6) is 0.293. The molecule has 0 heterocycles. The third-order valence-electron chi connectivity index (χ3n) is 5.29. The minimum atomic E-state index is -0.541. The monoisotopic (exact) mass is 424 g/mol. The predicted molar refractivity (Wildman–Crippen MR) is 125 cm³/mol. The topological polar surface area (TPSA) is 58.6 Å². The molecule has 0 aliphatic carbocycles. The van der Waals surface area contributed by atoms with Gasteiger partial charge in [0, 0.05) is 13.1 Å². The van der Waals surface area contributed by atoms with Gasteiger partial charge in [-0.15, -0.1) is 0 Å². The Bertz CT molecular complexity index is 852. The van der Waals surface area contributed by atoms with Crippen LogP contribution in [0.2, 0.25) is 0 Å². The maximum atomic E-state index is 13.1. The van der Waals surface area contributed by atoms with Crippen LogP contribution in [0.3, 0.4) is 0 Å². The Balaban J connectivity index is 2.16. The second-order valence-electron chi connectivity index (χ2n) is 8.89. The Hall–Kier alpha value is -2.82. The van der Waals surface area contributed by atoms with Crippen LogP contribution in [-0.2, 0) is 21.5 Å². The van der Waals surface area contributed by atoms with Crippen LogP contribution in [0.15, 0.2) is 48.5 Å². The highest BCUT2D eigenvalue weighted by Gasteiger charge is 2.28. The number of benzene rings is 2. The minimum Gasteiger partial charge on any atom is -0.484 e. The molecule has 31 heavy (non-hydrogen) atoms. The Morgan fingerprint density at radius 3 is 2.13 bits per heavy atom. The molecule has 2 amide bonds. The molecule has 2 rings (SSSR count). The maximum Gasteiger partial charge on any atom is 0.261 e. The molecule has 1 unspecified atom stereocenters. The van der Waals surface area contributed by atoms with Crippen molar-refractivity contribution in [2.75, 3.05) is 13.2 Å². The summed E-state index contributed by atoms with van der Waals surface area (Å²) in [4.78, 5) is 27.4. The van der Waals surface area contributed by atoms with Crippen molar-refractivity contribution in [3.63, 3.8) is 0 Å². The van der Waals surface area contributed by atoms with Gasteiger partial charge in [0.15, 0.2) is 6.61 Å². The number of nitrogens with zero attached hydrogens (tertiary/aromatic N) is 1. The first kappa shape index (κ1) is 24.4. The smallest absolute Gasteiger partial charge is 0.261 e. The summed E-state index contributed by atoms with van der Waals surface area (Å²) >= 11 is 0. The number of hydrogen-bond donors (Lipinski definition) is 1. The first-order valence-electron chi connectivity index (χ1n) is 11.0. The van der Waals surface area contributed by atoms with Gasteiger partial charge in [-0.2, -0.15) is 0 Å². The van der Waals surface area contributed by atoms with Gasteiger partial charge in [0.25, 0.3) is 5.91 Å². The number of amides is 2. The summed E-state index contributed by atoms with van der Waals surface area (Å²) in [5.41, 5.74) is 3.39. The molecule has 2 aromatic rings. The van der Waals surface area contributed by atoms with Gasteiger partial charge >= 0.3 is 0 Å². The summed E-state index contributed by atoms with van der Waals surface area (Å²) in [6, 6.07) is 15.3. The highest BCUT2D eigenvalue weighted by atomic mass is 16.5. The fraction of sp³-hybridized carbons (Fsp3) is 0.462. The van der Waals surface area contributed by atoms with E-state index in [2.05, 4.69) is 26.1 Å². The second kappa shape index (κ2) is 11.0. The van der Waals surface area contributed by atoms with Crippen LogP contribution in [0, 0.1) is 6.92 Å². The lowest BCUT2D eigenvalue weighted by molar-refractivity contribution is -0.142. The van der Waals surface area contributed by atoms with Crippen molar-refractivity contribution in [3.8, 4) is 5.75 Å². The van der Waals surface area contributed by atoms with Gasteiger partial charge in [-0.05, 0) is 48.9 Å². The molecule has 1 atom stereocenters. The third-order valence-corrected chi connectivity index (χ3v) is 5.29. The standard InChI is InChI=1S/C26H36N2O3/c1-7-23(25(30)27-8-2)28(17-20-11-9-19(3)10-12-20)24(29)18-31-22-15-13-21(14-16-22)26(4,5)6/h9-16,23H,7-8,17-18H2,1-6H3,(H,27,30). The van der Waals surface area contributed by atoms with Crippen molar-refractivity contribution >= 4 is 11.8 Å². The summed E-state index contributed by atoms with van der Waals surface area (Å²) in [5, 5.41) is 2.85. The van der Waals surface area contributed by atoms with Crippen molar-refractivity contribution in [2.24, 2.45) is 0 Å². The number of likely N-dealkylation sites (N-methyl/N-ethyl adjacent to an activating group) is 1. The molecular formula is C26H36N2O3. The molecule has 0 saturated heterocycles. The normalized spacial score (nSPS) is 12.2. The molecule has 0 aromatic heterocycles. The summed E-state index contributed by atoms with van der Waals surface area (Å²) in [6.45, 7) is 13.1. The van der Waals surface area contributed by atoms with Crippen molar-refractivity contribution < 1.29 is 14.3 Å². The fourth-order valence-electron chi connectivity index (χ4n) is 3.38. The van der Waals surface area contributed by atoms with Crippen LogP contribution in [0.1, 0.15) is 57.7 Å². The summed E-state index contributed by atoms with van der Waals surface area (Å²) in [7, 11) is 0. The molecule has 0 radical (unpaired) electrons. The Kier molecular flexibility index (Phi) is 8.66. The van der Waals surface area contributed by atoms with Gasteiger partial charge in [-0.25, -0.2) is 0 Å². The molecule has 1 N–H and O–H groups in total. The van der Waals surface area contributed by atoms with Crippen LogP contribution in [0.4, 0.5) is 0 Å². The molecule has 168 valence electrons. The predicted octanol–water partition coefficient (Wildman–Crippen LogP) is 4.61. The van der Waals surface area contributed by atoms with E-state index in [1.165, 1.54) is 5.56 Å². The molecule has 5 nitrogen and oxygen atoms in total. The van der Waals surface area contributed by atoms with Gasteiger partial charge in [-0.3, -0.25) is 9.59 Å². The van der Waals surface area contributed by atoms with Crippen LogP contribution in [0.5, 0.6) is 5.75 Å². The fourth-order valence-corrected chi connectivity index (χ4v) is 3.38. The zero-order valence-electron chi connectivity index (χ0n) is 19.7. The van der Waals surface area contributed by atoms with Gasteiger partial charge in [0.2, 0.25) is 5.91 Å². The number of rotatable bonds is 9. The molecule has 0 aliphatic rings. The van der Waals surface area contributed by atoms with E-state index in [0.717, 1.165) is 11.1 Å². The van der Waals surface area contributed by atoms with Crippen LogP contribution in [-0.4, -0.2) is 35.9 Å². The zero-order chi connectivity index (χ0) is 23.0. The Morgan fingerprint density at radius 1 is 1.00 bits per heavy atom. The lowest BCUT2D eigenvalue weighted by atomic mass is 9.87. The summed E-state index contributed by atoms with van der Waals surface area (Å²) < 4.78 is 5.78. The number of aryl methyl sites for hydroxylation is 1. The average Bonchev–Trinajstić information content (AvgIpc) is 2.73. The van der Waals surface area contributed by atoms with E-state index in [4.69, 9.17) is 4.74 Å². The molecule has 0 spiro atoms. The van der Waals surface area contributed by atoms with E-state index in [9.17, 15) is 9.59 Å². The van der Waals surface area contributed by atoms with E-state index in [0.29, 0.717) is 25.3 Å². The van der Waals surface area contributed by atoms with E-state index < -0.39 is 6.04 Å². The average molecular weight is 425 g/mol. The molecule has 2 aromatic carbocycles. The quantitative estimate of drug-likeness (QED) is 0.639.